The smallest absolute Gasteiger partial charge is 0.357 e. The Labute approximate surface area is 211 Å². The van der Waals surface area contributed by atoms with Crippen molar-refractivity contribution >= 4 is 11.7 Å². The molecule has 4 aromatic rings. The minimum absolute atomic E-state index is 0.250. The van der Waals surface area contributed by atoms with Gasteiger partial charge < -0.3 is 10.3 Å². The topological polar surface area (TPSA) is 92.7 Å². The molecule has 1 aliphatic heterocycles. The third-order valence-corrected chi connectivity index (χ3v) is 6.11. The van der Waals surface area contributed by atoms with Crippen LogP contribution in [0, 0.1) is 0 Å². The van der Waals surface area contributed by atoms with E-state index in [-0.39, 0.29) is 6.15 Å². The first-order valence-corrected chi connectivity index (χ1v) is 11.7. The highest BCUT2D eigenvalue weighted by Gasteiger charge is 2.30. The fraction of sp³-hybridized carbons (Fsp3) is 0.222. The van der Waals surface area contributed by atoms with Crippen LogP contribution in [0.4, 0.5) is 13.2 Å². The number of carbonyl (C=O) groups excluding carboxylic acids is 2. The van der Waals surface area contributed by atoms with Crippen LogP contribution in [0.1, 0.15) is 30.2 Å². The molecule has 5 rings (SSSR count). The van der Waals surface area contributed by atoms with Crippen LogP contribution in [0.5, 0.6) is 0 Å². The fourth-order valence-corrected chi connectivity index (χ4v) is 4.21. The van der Waals surface area contributed by atoms with Crippen LogP contribution < -0.4 is 5.32 Å². The van der Waals surface area contributed by atoms with E-state index < -0.39 is 11.7 Å². The Morgan fingerprint density at radius 1 is 1.00 bits per heavy atom. The largest absolute Gasteiger partial charge is 0.416 e. The van der Waals surface area contributed by atoms with Gasteiger partial charge >= 0.3 is 12.3 Å². The van der Waals surface area contributed by atoms with E-state index in [9.17, 15) is 13.2 Å². The van der Waals surface area contributed by atoms with Crippen molar-refractivity contribution in [2.24, 2.45) is 0 Å². The van der Waals surface area contributed by atoms with E-state index in [2.05, 4.69) is 57.9 Å². The second-order valence-electron chi connectivity index (χ2n) is 8.37. The van der Waals surface area contributed by atoms with Crippen LogP contribution in [-0.2, 0) is 22.2 Å². The summed E-state index contributed by atoms with van der Waals surface area (Å²) in [5.74, 6) is 0. The molecule has 0 bridgehead atoms. The van der Waals surface area contributed by atoms with Crippen molar-refractivity contribution in [1.82, 2.24) is 25.3 Å². The number of hydrogen-bond acceptors (Lipinski definition) is 5. The van der Waals surface area contributed by atoms with Crippen molar-refractivity contribution in [3.05, 3.63) is 83.7 Å². The average Bonchev–Trinajstić information content (AvgIpc) is 3.57. The number of H-pyrrole nitrogens is 1. The van der Waals surface area contributed by atoms with Crippen molar-refractivity contribution in [2.75, 3.05) is 13.1 Å². The van der Waals surface area contributed by atoms with Crippen molar-refractivity contribution in [3.8, 4) is 28.2 Å². The van der Waals surface area contributed by atoms with Gasteiger partial charge in [-0.3, -0.25) is 0 Å². The lowest BCUT2D eigenvalue weighted by Crippen LogP contribution is -2.19. The summed E-state index contributed by atoms with van der Waals surface area (Å²) >= 11 is 0. The van der Waals surface area contributed by atoms with E-state index in [0.717, 1.165) is 60.7 Å². The molecule has 0 saturated heterocycles. The van der Waals surface area contributed by atoms with Crippen LogP contribution in [-0.4, -0.2) is 39.2 Å². The molecule has 0 radical (unpaired) electrons. The van der Waals surface area contributed by atoms with Gasteiger partial charge in [0.15, 0.2) is 0 Å². The lowest BCUT2D eigenvalue weighted by molar-refractivity contribution is -0.191. The second-order valence-corrected chi connectivity index (χ2v) is 8.37. The van der Waals surface area contributed by atoms with E-state index >= 15 is 0 Å². The van der Waals surface area contributed by atoms with Gasteiger partial charge in [-0.2, -0.15) is 22.8 Å². The highest BCUT2D eigenvalue weighted by Crippen LogP contribution is 2.31. The maximum absolute atomic E-state index is 12.8. The molecule has 2 aromatic carbocycles. The average molecular weight is 508 g/mol. The molecule has 190 valence electrons. The Kier molecular flexibility index (Phi) is 7.81. The Hall–Kier alpha value is -4.27. The van der Waals surface area contributed by atoms with Crippen LogP contribution in [0.25, 0.3) is 33.8 Å². The summed E-state index contributed by atoms with van der Waals surface area (Å²) in [4.78, 5) is 19.7. The molecular weight excluding hydrogens is 483 g/mol. The standard InChI is InChI=1S/C26H24F3N5.CO2/c1-2-22-25(34-16-24(32-33-34)20-7-9-21(10-8-20)26(27,28)29)15-23(31-22)19-5-3-17(4-6-19)18-11-13-30-14-12-18;2-1-3/h3-11,15-16,30-31H,2,12-14H2,1H3;. The maximum Gasteiger partial charge on any atom is 0.416 e. The first-order valence-electron chi connectivity index (χ1n) is 11.7. The summed E-state index contributed by atoms with van der Waals surface area (Å²) in [5, 5.41) is 11.8. The molecular formula is C27H24F3N5O2. The van der Waals surface area contributed by atoms with Gasteiger partial charge in [-0.15, -0.1) is 5.10 Å². The van der Waals surface area contributed by atoms with E-state index in [1.165, 1.54) is 23.3 Å². The zero-order valence-electron chi connectivity index (χ0n) is 20.0. The second kappa shape index (κ2) is 11.2. The molecule has 7 nitrogen and oxygen atoms in total. The Balaban J connectivity index is 0.00000102. The Morgan fingerprint density at radius 3 is 2.24 bits per heavy atom. The normalized spacial score (nSPS) is 13.4. The summed E-state index contributed by atoms with van der Waals surface area (Å²) in [7, 11) is 0. The van der Waals surface area contributed by atoms with E-state index in [0.29, 0.717) is 11.3 Å². The lowest BCUT2D eigenvalue weighted by Gasteiger charge is -2.14. The molecule has 0 unspecified atom stereocenters. The lowest BCUT2D eigenvalue weighted by atomic mass is 9.98. The van der Waals surface area contributed by atoms with E-state index in [1.807, 2.05) is 6.07 Å². The Morgan fingerprint density at radius 2 is 1.65 bits per heavy atom. The highest BCUT2D eigenvalue weighted by atomic mass is 19.4. The number of aryl methyl sites for hydroxylation is 1. The molecule has 2 aromatic heterocycles. The summed E-state index contributed by atoms with van der Waals surface area (Å²) in [6, 6.07) is 15.5. The van der Waals surface area contributed by atoms with Crippen LogP contribution in [0.2, 0.25) is 0 Å². The van der Waals surface area contributed by atoms with Gasteiger partial charge in [-0.05, 0) is 54.3 Å². The molecule has 1 aliphatic rings. The third kappa shape index (κ3) is 5.94. The Bertz CT molecular complexity index is 1410. The summed E-state index contributed by atoms with van der Waals surface area (Å²) in [5.41, 5.74) is 6.93. The van der Waals surface area contributed by atoms with Gasteiger partial charge in [0.1, 0.15) is 5.69 Å². The molecule has 0 atom stereocenters. The molecule has 37 heavy (non-hydrogen) atoms. The first-order chi connectivity index (χ1) is 17.8. The predicted molar refractivity (Wildman–Crippen MR) is 131 cm³/mol. The van der Waals surface area contributed by atoms with Crippen LogP contribution >= 0.6 is 0 Å². The number of benzene rings is 2. The molecule has 0 amide bonds. The molecule has 0 saturated carbocycles. The molecule has 2 N–H and O–H groups in total. The molecule has 0 fully saturated rings. The molecule has 3 heterocycles. The van der Waals surface area contributed by atoms with Gasteiger partial charge in [0.25, 0.3) is 0 Å². The minimum Gasteiger partial charge on any atom is -0.357 e. The van der Waals surface area contributed by atoms with Crippen molar-refractivity contribution in [2.45, 2.75) is 25.9 Å². The van der Waals surface area contributed by atoms with Gasteiger partial charge in [-0.25, -0.2) is 4.68 Å². The van der Waals surface area contributed by atoms with E-state index in [4.69, 9.17) is 9.59 Å². The number of aromatic amines is 1. The molecule has 0 spiro atoms. The van der Waals surface area contributed by atoms with Gasteiger partial charge in [0.05, 0.1) is 17.4 Å². The van der Waals surface area contributed by atoms with Gasteiger partial charge in [-0.1, -0.05) is 54.6 Å². The van der Waals surface area contributed by atoms with Crippen molar-refractivity contribution in [1.29, 1.82) is 0 Å². The molecule has 10 heteroatoms. The monoisotopic (exact) mass is 507 g/mol. The number of aromatic nitrogens is 4. The van der Waals surface area contributed by atoms with Crippen molar-refractivity contribution in [3.63, 3.8) is 0 Å². The van der Waals surface area contributed by atoms with Crippen LogP contribution in [0.15, 0.2) is 66.9 Å². The molecule has 0 aliphatic carbocycles. The predicted octanol–water partition coefficient (Wildman–Crippen LogP) is 5.30. The third-order valence-electron chi connectivity index (χ3n) is 6.11. The number of nitrogens with zero attached hydrogens (tertiary/aromatic N) is 3. The van der Waals surface area contributed by atoms with E-state index in [1.54, 1.807) is 10.9 Å². The van der Waals surface area contributed by atoms with Crippen molar-refractivity contribution < 1.29 is 22.8 Å². The SMILES string of the molecule is CCc1[nH]c(-c2ccc(C3=CCNCC3)cc2)cc1-n1cc(-c2ccc(C(F)(F)F)cc2)nn1.O=C=O. The summed E-state index contributed by atoms with van der Waals surface area (Å²) in [6.45, 7) is 3.96. The first kappa shape index (κ1) is 25.8. The highest BCUT2D eigenvalue weighted by molar-refractivity contribution is 5.71. The summed E-state index contributed by atoms with van der Waals surface area (Å²) in [6.07, 6.45) is 1.65. The number of halogens is 3. The summed E-state index contributed by atoms with van der Waals surface area (Å²) < 4.78 is 40.2. The fourth-order valence-electron chi connectivity index (χ4n) is 4.21. The number of rotatable bonds is 5. The zero-order chi connectivity index (χ0) is 26.4. The van der Waals surface area contributed by atoms with Gasteiger partial charge in [0, 0.05) is 23.5 Å². The van der Waals surface area contributed by atoms with Gasteiger partial charge in [0.2, 0.25) is 0 Å². The maximum atomic E-state index is 12.8. The minimum atomic E-state index is -4.36. The van der Waals surface area contributed by atoms with Crippen LogP contribution in [0.3, 0.4) is 0 Å². The number of nitrogens with one attached hydrogen (secondary N) is 2. The number of hydrogen-bond donors (Lipinski definition) is 2. The zero-order valence-corrected chi connectivity index (χ0v) is 20.0. The quantitative estimate of drug-likeness (QED) is 0.382. The number of alkyl halides is 3.